The summed E-state index contributed by atoms with van der Waals surface area (Å²) in [6, 6.07) is 14.5. The molecular formula is C22H15N5S. The molecule has 0 amide bonds. The number of benzene rings is 1. The number of hydrogen-bond donors (Lipinski definition) is 2. The van der Waals surface area contributed by atoms with Crippen molar-refractivity contribution in [3.8, 4) is 16.5 Å². The third-order valence-electron chi connectivity index (χ3n) is 4.91. The molecule has 4 aromatic heterocycles. The highest BCUT2D eigenvalue weighted by Gasteiger charge is 2.15. The lowest BCUT2D eigenvalue weighted by Crippen LogP contribution is -1.97. The summed E-state index contributed by atoms with van der Waals surface area (Å²) in [5.41, 5.74) is 5.62. The number of aryl methyl sites for hydroxylation is 1. The maximum Gasteiger partial charge on any atom is 0.126 e. The van der Waals surface area contributed by atoms with Crippen LogP contribution < -0.4 is 5.32 Å². The quantitative estimate of drug-likeness (QED) is 0.416. The molecule has 0 atom stereocenters. The van der Waals surface area contributed by atoms with Gasteiger partial charge in [-0.05, 0) is 54.4 Å². The Morgan fingerprint density at radius 2 is 1.96 bits per heavy atom. The fourth-order valence-corrected chi connectivity index (χ4v) is 4.44. The highest BCUT2D eigenvalue weighted by Crippen LogP contribution is 2.39. The summed E-state index contributed by atoms with van der Waals surface area (Å²) in [7, 11) is 0. The van der Waals surface area contributed by atoms with Gasteiger partial charge in [0.1, 0.15) is 10.9 Å². The van der Waals surface area contributed by atoms with Crippen LogP contribution in [0.3, 0.4) is 0 Å². The van der Waals surface area contributed by atoms with Gasteiger partial charge in [-0.25, -0.2) is 4.98 Å². The molecule has 4 heterocycles. The topological polar surface area (TPSA) is 77.4 Å². The standard InChI is InChI=1S/C22H15N5S/c1-13-16-6-9-25-19(16)3-2-18(13)27-21-15(11-23)12-26-22-17(21)10-20(28-22)14-4-7-24-8-5-14/h2-10,12,25H,1H3,(H,26,27). The molecule has 0 bridgehead atoms. The molecule has 0 fully saturated rings. The van der Waals surface area contributed by atoms with E-state index < -0.39 is 0 Å². The molecule has 1 aromatic carbocycles. The van der Waals surface area contributed by atoms with E-state index in [0.29, 0.717) is 5.56 Å². The number of thiophene rings is 1. The molecule has 5 aromatic rings. The number of anilines is 2. The van der Waals surface area contributed by atoms with Gasteiger partial charge in [0.25, 0.3) is 0 Å². The zero-order valence-corrected chi connectivity index (χ0v) is 15.8. The first kappa shape index (κ1) is 16.5. The van der Waals surface area contributed by atoms with Crippen molar-refractivity contribution in [3.63, 3.8) is 0 Å². The zero-order valence-electron chi connectivity index (χ0n) is 15.0. The summed E-state index contributed by atoms with van der Waals surface area (Å²) in [5.74, 6) is 0. The molecule has 0 spiro atoms. The number of nitrogens with one attached hydrogen (secondary N) is 2. The molecule has 0 radical (unpaired) electrons. The van der Waals surface area contributed by atoms with Crippen LogP contribution in [0.15, 0.2) is 61.2 Å². The smallest absolute Gasteiger partial charge is 0.126 e. The fourth-order valence-electron chi connectivity index (χ4n) is 3.42. The summed E-state index contributed by atoms with van der Waals surface area (Å²) in [6.07, 6.45) is 7.14. The first-order valence-electron chi connectivity index (χ1n) is 8.81. The second-order valence-electron chi connectivity index (χ2n) is 6.53. The van der Waals surface area contributed by atoms with Crippen molar-refractivity contribution in [3.05, 3.63) is 72.3 Å². The van der Waals surface area contributed by atoms with Gasteiger partial charge < -0.3 is 10.3 Å². The summed E-state index contributed by atoms with van der Waals surface area (Å²) < 4.78 is 0. The first-order chi connectivity index (χ1) is 13.7. The lowest BCUT2D eigenvalue weighted by Gasteiger charge is -2.12. The Bertz CT molecular complexity index is 1360. The van der Waals surface area contributed by atoms with Crippen LogP contribution in [-0.4, -0.2) is 15.0 Å². The third kappa shape index (κ3) is 2.61. The number of aromatic amines is 1. The molecule has 0 aliphatic heterocycles. The molecule has 0 saturated carbocycles. The fraction of sp³-hybridized carbons (Fsp3) is 0.0455. The molecule has 6 heteroatoms. The minimum absolute atomic E-state index is 0.528. The summed E-state index contributed by atoms with van der Waals surface area (Å²) in [4.78, 5) is 13.8. The van der Waals surface area contributed by atoms with Gasteiger partial charge in [0.05, 0.1) is 11.3 Å². The van der Waals surface area contributed by atoms with E-state index in [1.54, 1.807) is 29.9 Å². The van der Waals surface area contributed by atoms with E-state index in [2.05, 4.69) is 45.4 Å². The van der Waals surface area contributed by atoms with Gasteiger partial charge >= 0.3 is 0 Å². The molecule has 0 aliphatic carbocycles. The first-order valence-corrected chi connectivity index (χ1v) is 9.63. The average Bonchev–Trinajstić information content (AvgIpc) is 3.38. The SMILES string of the molecule is Cc1c(Nc2c(C#N)cnc3sc(-c4ccncc4)cc23)ccc2[nH]ccc12. The number of hydrogen-bond acceptors (Lipinski definition) is 5. The van der Waals surface area contributed by atoms with Crippen molar-refractivity contribution in [2.75, 3.05) is 5.32 Å². The van der Waals surface area contributed by atoms with Gasteiger partial charge in [-0.1, -0.05) is 0 Å². The maximum absolute atomic E-state index is 9.65. The van der Waals surface area contributed by atoms with Crippen molar-refractivity contribution < 1.29 is 0 Å². The zero-order chi connectivity index (χ0) is 19.1. The van der Waals surface area contributed by atoms with Crippen molar-refractivity contribution in [2.45, 2.75) is 6.92 Å². The number of pyridine rings is 2. The van der Waals surface area contributed by atoms with Crippen molar-refractivity contribution in [1.29, 1.82) is 5.26 Å². The van der Waals surface area contributed by atoms with Crippen LogP contribution in [0.25, 0.3) is 31.6 Å². The van der Waals surface area contributed by atoms with E-state index in [0.717, 1.165) is 48.5 Å². The van der Waals surface area contributed by atoms with Crippen LogP contribution >= 0.6 is 11.3 Å². The van der Waals surface area contributed by atoms with Gasteiger partial charge in [0, 0.05) is 51.6 Å². The van der Waals surface area contributed by atoms with Crippen molar-refractivity contribution in [1.82, 2.24) is 15.0 Å². The van der Waals surface area contributed by atoms with Crippen molar-refractivity contribution in [2.24, 2.45) is 0 Å². The Morgan fingerprint density at radius 3 is 2.79 bits per heavy atom. The van der Waals surface area contributed by atoms with E-state index >= 15 is 0 Å². The van der Waals surface area contributed by atoms with Crippen LogP contribution in [0, 0.1) is 18.3 Å². The largest absolute Gasteiger partial charge is 0.361 e. The van der Waals surface area contributed by atoms with Crippen LogP contribution in [0.1, 0.15) is 11.1 Å². The molecule has 2 N–H and O–H groups in total. The molecule has 5 nitrogen and oxygen atoms in total. The number of fused-ring (bicyclic) bond motifs is 2. The minimum Gasteiger partial charge on any atom is -0.361 e. The minimum atomic E-state index is 0.528. The molecule has 5 rings (SSSR count). The Kier molecular flexibility index (Phi) is 3.81. The number of aromatic nitrogens is 3. The number of nitrogens with zero attached hydrogens (tertiary/aromatic N) is 3. The Hall–Kier alpha value is -3.69. The molecular weight excluding hydrogens is 366 g/mol. The van der Waals surface area contributed by atoms with E-state index in [-0.39, 0.29) is 0 Å². The molecule has 134 valence electrons. The van der Waals surface area contributed by atoms with E-state index in [9.17, 15) is 5.26 Å². The van der Waals surface area contributed by atoms with Gasteiger partial charge in [0.15, 0.2) is 0 Å². The lowest BCUT2D eigenvalue weighted by atomic mass is 10.1. The Morgan fingerprint density at radius 1 is 1.11 bits per heavy atom. The molecule has 0 unspecified atom stereocenters. The van der Waals surface area contributed by atoms with Crippen LogP contribution in [0.2, 0.25) is 0 Å². The lowest BCUT2D eigenvalue weighted by molar-refractivity contribution is 1.33. The van der Waals surface area contributed by atoms with Crippen LogP contribution in [0.4, 0.5) is 11.4 Å². The van der Waals surface area contributed by atoms with Gasteiger partial charge in [0.2, 0.25) is 0 Å². The van der Waals surface area contributed by atoms with Crippen LogP contribution in [0.5, 0.6) is 0 Å². The molecule has 0 aliphatic rings. The second-order valence-corrected chi connectivity index (χ2v) is 7.56. The van der Waals surface area contributed by atoms with E-state index in [1.807, 2.05) is 30.5 Å². The summed E-state index contributed by atoms with van der Waals surface area (Å²) in [5, 5.41) is 15.3. The normalized spacial score (nSPS) is 11.0. The van der Waals surface area contributed by atoms with Crippen LogP contribution in [-0.2, 0) is 0 Å². The average molecular weight is 381 g/mol. The third-order valence-corrected chi connectivity index (χ3v) is 6.00. The Labute approximate surface area is 165 Å². The number of H-pyrrole nitrogens is 1. The monoisotopic (exact) mass is 381 g/mol. The Balaban J connectivity index is 1.67. The molecule has 0 saturated heterocycles. The van der Waals surface area contributed by atoms with Crippen molar-refractivity contribution >= 4 is 43.8 Å². The second kappa shape index (κ2) is 6.48. The summed E-state index contributed by atoms with van der Waals surface area (Å²) in [6.45, 7) is 2.08. The predicted molar refractivity (Wildman–Crippen MR) is 114 cm³/mol. The maximum atomic E-state index is 9.65. The number of rotatable bonds is 3. The van der Waals surface area contributed by atoms with Gasteiger partial charge in [-0.3, -0.25) is 4.98 Å². The van der Waals surface area contributed by atoms with Gasteiger partial charge in [-0.2, -0.15) is 5.26 Å². The highest BCUT2D eigenvalue weighted by molar-refractivity contribution is 7.21. The van der Waals surface area contributed by atoms with E-state index in [1.165, 1.54) is 0 Å². The predicted octanol–water partition coefficient (Wildman–Crippen LogP) is 5.76. The number of nitriles is 1. The van der Waals surface area contributed by atoms with E-state index in [4.69, 9.17) is 0 Å². The summed E-state index contributed by atoms with van der Waals surface area (Å²) >= 11 is 1.61. The van der Waals surface area contributed by atoms with Gasteiger partial charge in [-0.15, -0.1) is 11.3 Å². The highest BCUT2D eigenvalue weighted by atomic mass is 32.1. The molecule has 28 heavy (non-hydrogen) atoms.